The summed E-state index contributed by atoms with van der Waals surface area (Å²) in [6, 6.07) is 3.28. The number of aryl methyl sites for hydroxylation is 1. The normalized spacial score (nSPS) is 16.3. The SMILES string of the molecule is CNCC1CCCN1C(=O)c1ccc2c(=O)n(C)c(=O)n(C)c2n1.Cl.Cl. The van der Waals surface area contributed by atoms with Gasteiger partial charge in [-0.2, -0.15) is 0 Å². The highest BCUT2D eigenvalue weighted by molar-refractivity contribution is 5.94. The van der Waals surface area contributed by atoms with Crippen molar-refractivity contribution in [3.63, 3.8) is 0 Å². The van der Waals surface area contributed by atoms with Gasteiger partial charge < -0.3 is 10.2 Å². The Hall–Kier alpha value is -1.90. The Bertz CT molecular complexity index is 924. The van der Waals surface area contributed by atoms with E-state index in [-0.39, 0.29) is 48.1 Å². The fourth-order valence-corrected chi connectivity index (χ4v) is 3.27. The summed E-state index contributed by atoms with van der Waals surface area (Å²) in [4.78, 5) is 43.2. The number of carbonyl (C=O) groups excluding carboxylic acids is 1. The standard InChI is InChI=1S/C16H21N5O3.2ClH/c1-17-9-10-5-4-8-21(10)15(23)12-7-6-11-13(18-12)19(2)16(24)20(3)14(11)22;;/h6-7,10,17H,4-5,8-9H2,1-3H3;2*1H. The van der Waals surface area contributed by atoms with E-state index in [1.807, 2.05) is 11.9 Å². The van der Waals surface area contributed by atoms with Gasteiger partial charge in [-0.1, -0.05) is 0 Å². The predicted octanol–water partition coefficient (Wildman–Crippen LogP) is 0.300. The Balaban J connectivity index is 0.00000169. The van der Waals surface area contributed by atoms with Gasteiger partial charge in [-0.3, -0.25) is 18.7 Å². The van der Waals surface area contributed by atoms with Crippen LogP contribution in [0, 0.1) is 0 Å². The summed E-state index contributed by atoms with van der Waals surface area (Å²) in [6.07, 6.45) is 1.92. The summed E-state index contributed by atoms with van der Waals surface area (Å²) in [5.74, 6) is -0.164. The largest absolute Gasteiger partial charge is 0.333 e. The summed E-state index contributed by atoms with van der Waals surface area (Å²) >= 11 is 0. The summed E-state index contributed by atoms with van der Waals surface area (Å²) in [7, 11) is 4.83. The smallest absolute Gasteiger partial charge is 0.332 e. The maximum Gasteiger partial charge on any atom is 0.332 e. The number of nitrogens with one attached hydrogen (secondary N) is 1. The Kier molecular flexibility index (Phi) is 7.37. The third-order valence-electron chi connectivity index (χ3n) is 4.60. The van der Waals surface area contributed by atoms with E-state index >= 15 is 0 Å². The number of rotatable bonds is 3. The van der Waals surface area contributed by atoms with Crippen molar-refractivity contribution in [3.05, 3.63) is 38.7 Å². The number of hydrogen-bond acceptors (Lipinski definition) is 5. The fourth-order valence-electron chi connectivity index (χ4n) is 3.27. The number of halogens is 2. The number of aromatic nitrogens is 3. The molecule has 0 bridgehead atoms. The molecule has 1 unspecified atom stereocenters. The summed E-state index contributed by atoms with van der Waals surface area (Å²) in [5.41, 5.74) is -0.375. The quantitative estimate of drug-likeness (QED) is 0.795. The third kappa shape index (κ3) is 3.62. The topological polar surface area (TPSA) is 89.2 Å². The molecule has 0 spiro atoms. The van der Waals surface area contributed by atoms with Crippen molar-refractivity contribution in [1.29, 1.82) is 0 Å². The lowest BCUT2D eigenvalue weighted by atomic mass is 10.2. The van der Waals surface area contributed by atoms with Crippen molar-refractivity contribution >= 4 is 41.8 Å². The zero-order chi connectivity index (χ0) is 17.4. The Morgan fingerprint density at radius 3 is 2.58 bits per heavy atom. The van der Waals surface area contributed by atoms with Gasteiger partial charge in [0.15, 0.2) is 0 Å². The van der Waals surface area contributed by atoms with Crippen LogP contribution in [0.15, 0.2) is 21.7 Å². The number of nitrogens with zero attached hydrogens (tertiary/aromatic N) is 4. The lowest BCUT2D eigenvalue weighted by Gasteiger charge is -2.24. The molecule has 1 aliphatic heterocycles. The monoisotopic (exact) mass is 403 g/mol. The second-order valence-corrected chi connectivity index (χ2v) is 6.13. The van der Waals surface area contributed by atoms with E-state index in [0.717, 1.165) is 24.0 Å². The van der Waals surface area contributed by atoms with Gasteiger partial charge in [0.05, 0.1) is 5.39 Å². The van der Waals surface area contributed by atoms with E-state index in [4.69, 9.17) is 0 Å². The predicted molar refractivity (Wildman–Crippen MR) is 105 cm³/mol. The van der Waals surface area contributed by atoms with E-state index in [2.05, 4.69) is 10.3 Å². The maximum atomic E-state index is 12.8. The van der Waals surface area contributed by atoms with E-state index in [1.165, 1.54) is 11.6 Å². The minimum Gasteiger partial charge on any atom is -0.333 e. The lowest BCUT2D eigenvalue weighted by Crippen LogP contribution is -2.41. The molecule has 10 heteroatoms. The van der Waals surface area contributed by atoms with Gasteiger partial charge in [-0.15, -0.1) is 24.8 Å². The van der Waals surface area contributed by atoms with Gasteiger partial charge in [0.2, 0.25) is 0 Å². The molecular formula is C16H23Cl2N5O3. The molecule has 0 saturated carbocycles. The number of likely N-dealkylation sites (N-methyl/N-ethyl adjacent to an activating group) is 1. The first-order valence-corrected chi connectivity index (χ1v) is 7.98. The molecular weight excluding hydrogens is 381 g/mol. The third-order valence-corrected chi connectivity index (χ3v) is 4.60. The molecule has 144 valence electrons. The second-order valence-electron chi connectivity index (χ2n) is 6.13. The minimum atomic E-state index is -0.459. The zero-order valence-corrected chi connectivity index (χ0v) is 16.5. The molecule has 0 radical (unpaired) electrons. The number of pyridine rings is 1. The molecule has 8 nitrogen and oxygen atoms in total. The van der Waals surface area contributed by atoms with Crippen molar-refractivity contribution in [2.75, 3.05) is 20.1 Å². The summed E-state index contributed by atoms with van der Waals surface area (Å²) < 4.78 is 2.33. The van der Waals surface area contributed by atoms with E-state index in [9.17, 15) is 14.4 Å². The molecule has 1 amide bonds. The first kappa shape index (κ1) is 22.1. The minimum absolute atomic E-state index is 0. The molecule has 1 saturated heterocycles. The first-order chi connectivity index (χ1) is 11.5. The van der Waals surface area contributed by atoms with Crippen LogP contribution in [0.1, 0.15) is 23.3 Å². The van der Waals surface area contributed by atoms with Crippen LogP contribution in [0.3, 0.4) is 0 Å². The summed E-state index contributed by atoms with van der Waals surface area (Å²) in [6.45, 7) is 1.43. The van der Waals surface area contributed by atoms with Crippen molar-refractivity contribution in [3.8, 4) is 0 Å². The summed E-state index contributed by atoms with van der Waals surface area (Å²) in [5, 5.41) is 3.43. The average molecular weight is 404 g/mol. The highest BCUT2D eigenvalue weighted by atomic mass is 35.5. The Labute approximate surface area is 163 Å². The van der Waals surface area contributed by atoms with Crippen LogP contribution < -0.4 is 16.6 Å². The number of amides is 1. The molecule has 3 heterocycles. The molecule has 1 N–H and O–H groups in total. The molecule has 0 aromatic carbocycles. The lowest BCUT2D eigenvalue weighted by molar-refractivity contribution is 0.0731. The molecule has 1 fully saturated rings. The van der Waals surface area contributed by atoms with Gasteiger partial charge in [0.25, 0.3) is 11.5 Å². The zero-order valence-electron chi connectivity index (χ0n) is 14.9. The molecule has 2 aromatic rings. The van der Waals surface area contributed by atoms with Gasteiger partial charge in [-0.05, 0) is 32.0 Å². The number of hydrogen-bond donors (Lipinski definition) is 1. The Morgan fingerprint density at radius 1 is 1.23 bits per heavy atom. The van der Waals surface area contributed by atoms with Crippen LogP contribution in [0.2, 0.25) is 0 Å². The van der Waals surface area contributed by atoms with Crippen molar-refractivity contribution in [1.82, 2.24) is 24.3 Å². The maximum absolute atomic E-state index is 12.8. The molecule has 3 rings (SSSR count). The van der Waals surface area contributed by atoms with Crippen LogP contribution >= 0.6 is 24.8 Å². The van der Waals surface area contributed by atoms with Crippen molar-refractivity contribution in [2.45, 2.75) is 18.9 Å². The van der Waals surface area contributed by atoms with E-state index in [0.29, 0.717) is 11.9 Å². The number of likely N-dealkylation sites (tertiary alicyclic amines) is 1. The average Bonchev–Trinajstić information content (AvgIpc) is 3.05. The highest BCUT2D eigenvalue weighted by Gasteiger charge is 2.29. The highest BCUT2D eigenvalue weighted by Crippen LogP contribution is 2.19. The first-order valence-electron chi connectivity index (χ1n) is 7.98. The molecule has 2 aromatic heterocycles. The van der Waals surface area contributed by atoms with Crippen LogP contribution in [-0.4, -0.2) is 51.1 Å². The van der Waals surface area contributed by atoms with E-state index in [1.54, 1.807) is 19.2 Å². The fraction of sp³-hybridized carbons (Fsp3) is 0.500. The second kappa shape index (κ2) is 8.66. The van der Waals surface area contributed by atoms with Gasteiger partial charge in [-0.25, -0.2) is 9.78 Å². The van der Waals surface area contributed by atoms with Gasteiger partial charge in [0.1, 0.15) is 11.3 Å². The Morgan fingerprint density at radius 2 is 1.92 bits per heavy atom. The van der Waals surface area contributed by atoms with Gasteiger partial charge >= 0.3 is 5.69 Å². The molecule has 26 heavy (non-hydrogen) atoms. The number of carbonyl (C=O) groups is 1. The van der Waals surface area contributed by atoms with Crippen molar-refractivity contribution < 1.29 is 4.79 Å². The van der Waals surface area contributed by atoms with Crippen LogP contribution in [0.4, 0.5) is 0 Å². The molecule has 0 aliphatic carbocycles. The van der Waals surface area contributed by atoms with Crippen LogP contribution in [-0.2, 0) is 14.1 Å². The van der Waals surface area contributed by atoms with Crippen molar-refractivity contribution in [2.24, 2.45) is 14.1 Å². The van der Waals surface area contributed by atoms with Crippen LogP contribution in [0.5, 0.6) is 0 Å². The van der Waals surface area contributed by atoms with Crippen LogP contribution in [0.25, 0.3) is 11.0 Å². The molecule has 1 aliphatic rings. The molecule has 1 atom stereocenters. The number of fused-ring (bicyclic) bond motifs is 1. The van der Waals surface area contributed by atoms with E-state index < -0.39 is 11.2 Å². The van der Waals surface area contributed by atoms with Gasteiger partial charge in [0, 0.05) is 33.2 Å².